The van der Waals surface area contributed by atoms with Gasteiger partial charge in [-0.3, -0.25) is 14.7 Å². The predicted octanol–water partition coefficient (Wildman–Crippen LogP) is 3.30. The SMILES string of the molecule is CC(=NCc1ccccc1)C(=CN)C(=O)Nc1ccc(N2CCC(N3CCOCC3)CC2)c(C#N)c1. The second kappa shape index (κ2) is 12.3. The lowest BCUT2D eigenvalue weighted by Gasteiger charge is -2.41. The molecule has 8 nitrogen and oxygen atoms in total. The van der Waals surface area contributed by atoms with Gasteiger partial charge in [-0.05, 0) is 43.5 Å². The molecule has 3 N–H and O–H groups in total. The Bertz CT molecular complexity index is 1140. The molecule has 2 aromatic rings. The van der Waals surface area contributed by atoms with Gasteiger partial charge in [0, 0.05) is 49.8 Å². The van der Waals surface area contributed by atoms with Gasteiger partial charge in [0.15, 0.2) is 0 Å². The maximum absolute atomic E-state index is 12.9. The van der Waals surface area contributed by atoms with Crippen molar-refractivity contribution in [2.24, 2.45) is 10.7 Å². The fourth-order valence-electron chi connectivity index (χ4n) is 4.83. The molecule has 2 saturated heterocycles. The number of benzene rings is 2. The Labute approximate surface area is 213 Å². The van der Waals surface area contributed by atoms with Crippen molar-refractivity contribution in [3.63, 3.8) is 0 Å². The summed E-state index contributed by atoms with van der Waals surface area (Å²) < 4.78 is 5.48. The first-order chi connectivity index (χ1) is 17.6. The van der Waals surface area contributed by atoms with Gasteiger partial charge in [-0.2, -0.15) is 5.26 Å². The zero-order chi connectivity index (χ0) is 25.3. The van der Waals surface area contributed by atoms with Crippen molar-refractivity contribution in [2.75, 3.05) is 49.6 Å². The zero-order valence-corrected chi connectivity index (χ0v) is 20.8. The summed E-state index contributed by atoms with van der Waals surface area (Å²) in [5.41, 5.74) is 9.69. The van der Waals surface area contributed by atoms with Crippen LogP contribution >= 0.6 is 0 Å². The molecule has 2 fully saturated rings. The molecule has 36 heavy (non-hydrogen) atoms. The fourth-order valence-corrected chi connectivity index (χ4v) is 4.83. The number of nitrogens with zero attached hydrogens (tertiary/aromatic N) is 4. The molecule has 0 unspecified atom stereocenters. The first-order valence-corrected chi connectivity index (χ1v) is 12.5. The Morgan fingerprint density at radius 1 is 1.17 bits per heavy atom. The van der Waals surface area contributed by atoms with E-state index in [0.29, 0.717) is 35.1 Å². The third-order valence-electron chi connectivity index (χ3n) is 6.88. The van der Waals surface area contributed by atoms with Crippen LogP contribution in [0.4, 0.5) is 11.4 Å². The maximum Gasteiger partial charge on any atom is 0.258 e. The van der Waals surface area contributed by atoms with E-state index in [1.807, 2.05) is 42.5 Å². The molecule has 0 saturated carbocycles. The molecule has 2 aromatic carbocycles. The molecule has 0 radical (unpaired) electrons. The number of anilines is 2. The lowest BCUT2D eigenvalue weighted by atomic mass is 10.0. The molecule has 4 rings (SSSR count). The first-order valence-electron chi connectivity index (χ1n) is 12.5. The molecule has 0 aromatic heterocycles. The summed E-state index contributed by atoms with van der Waals surface area (Å²) in [6.07, 6.45) is 3.41. The molecule has 0 spiro atoms. The second-order valence-corrected chi connectivity index (χ2v) is 9.13. The van der Waals surface area contributed by atoms with E-state index in [2.05, 4.69) is 26.2 Å². The van der Waals surface area contributed by atoms with E-state index >= 15 is 0 Å². The van der Waals surface area contributed by atoms with Gasteiger partial charge >= 0.3 is 0 Å². The van der Waals surface area contributed by atoms with Crippen molar-refractivity contribution in [3.05, 3.63) is 71.4 Å². The van der Waals surface area contributed by atoms with E-state index in [-0.39, 0.29) is 5.91 Å². The highest BCUT2D eigenvalue weighted by molar-refractivity contribution is 6.24. The minimum Gasteiger partial charge on any atom is -0.404 e. The highest BCUT2D eigenvalue weighted by Gasteiger charge is 2.27. The highest BCUT2D eigenvalue weighted by atomic mass is 16.5. The van der Waals surface area contributed by atoms with Gasteiger partial charge in [-0.15, -0.1) is 0 Å². The normalized spacial score (nSPS) is 18.1. The first kappa shape index (κ1) is 25.4. The van der Waals surface area contributed by atoms with E-state index in [1.165, 1.54) is 6.20 Å². The van der Waals surface area contributed by atoms with Crippen LogP contribution in [-0.2, 0) is 16.1 Å². The van der Waals surface area contributed by atoms with Crippen LogP contribution < -0.4 is 16.0 Å². The predicted molar refractivity (Wildman–Crippen MR) is 143 cm³/mol. The largest absolute Gasteiger partial charge is 0.404 e. The van der Waals surface area contributed by atoms with Crippen molar-refractivity contribution in [3.8, 4) is 6.07 Å². The van der Waals surface area contributed by atoms with Crippen LogP contribution in [0.2, 0.25) is 0 Å². The average Bonchev–Trinajstić information content (AvgIpc) is 2.93. The van der Waals surface area contributed by atoms with Crippen molar-refractivity contribution >= 4 is 23.0 Å². The summed E-state index contributed by atoms with van der Waals surface area (Å²) >= 11 is 0. The number of hydrogen-bond acceptors (Lipinski definition) is 7. The summed E-state index contributed by atoms with van der Waals surface area (Å²) in [5.74, 6) is -0.352. The van der Waals surface area contributed by atoms with Crippen LogP contribution in [0.1, 0.15) is 30.9 Å². The number of hydrogen-bond donors (Lipinski definition) is 2. The molecule has 2 aliphatic heterocycles. The number of nitrogens with two attached hydrogens (primary N) is 1. The van der Waals surface area contributed by atoms with Gasteiger partial charge in [0.25, 0.3) is 5.91 Å². The molecule has 8 heteroatoms. The molecule has 188 valence electrons. The number of nitriles is 1. The number of piperidine rings is 1. The third kappa shape index (κ3) is 6.30. The average molecular weight is 487 g/mol. The lowest BCUT2D eigenvalue weighted by molar-refractivity contribution is -0.112. The molecule has 0 aliphatic carbocycles. The van der Waals surface area contributed by atoms with Gasteiger partial charge in [0.05, 0.1) is 36.6 Å². The minimum atomic E-state index is -0.352. The number of ether oxygens (including phenoxy) is 1. The zero-order valence-electron chi connectivity index (χ0n) is 20.8. The van der Waals surface area contributed by atoms with Crippen LogP contribution in [0.3, 0.4) is 0 Å². The summed E-state index contributed by atoms with van der Waals surface area (Å²) in [7, 11) is 0. The van der Waals surface area contributed by atoms with Crippen LogP contribution in [0.25, 0.3) is 0 Å². The Balaban J connectivity index is 1.38. The summed E-state index contributed by atoms with van der Waals surface area (Å²) in [6.45, 7) is 7.66. The standard InChI is InChI=1S/C28H34N6O2/c1-21(31-20-22-5-3-2-4-6-22)26(19-30)28(35)32-24-7-8-27(23(17-24)18-29)34-11-9-25(10-12-34)33-13-15-36-16-14-33/h2-8,17,19,25H,9-16,20,30H2,1H3,(H,32,35). The highest BCUT2D eigenvalue weighted by Crippen LogP contribution is 2.28. The number of carbonyl (C=O) groups excluding carboxylic acids is 1. The van der Waals surface area contributed by atoms with Gasteiger partial charge in [0.2, 0.25) is 0 Å². The third-order valence-corrected chi connectivity index (χ3v) is 6.88. The number of aliphatic imine (C=N–C) groups is 1. The summed E-state index contributed by atoms with van der Waals surface area (Å²) in [5, 5.41) is 12.7. The number of carbonyl (C=O) groups is 1. The fraction of sp³-hybridized carbons (Fsp3) is 0.393. The van der Waals surface area contributed by atoms with Crippen LogP contribution in [0.5, 0.6) is 0 Å². The van der Waals surface area contributed by atoms with E-state index in [1.54, 1.807) is 13.0 Å². The van der Waals surface area contributed by atoms with E-state index < -0.39 is 0 Å². The van der Waals surface area contributed by atoms with Crippen molar-refractivity contribution in [1.29, 1.82) is 5.26 Å². The van der Waals surface area contributed by atoms with Crippen molar-refractivity contribution in [2.45, 2.75) is 32.4 Å². The summed E-state index contributed by atoms with van der Waals surface area (Å²) in [4.78, 5) is 22.2. The number of rotatable bonds is 7. The van der Waals surface area contributed by atoms with Crippen molar-refractivity contribution in [1.82, 2.24) is 4.90 Å². The number of morpholine rings is 1. The molecule has 2 aliphatic rings. The van der Waals surface area contributed by atoms with Gasteiger partial charge < -0.3 is 20.7 Å². The monoisotopic (exact) mass is 486 g/mol. The maximum atomic E-state index is 12.9. The lowest BCUT2D eigenvalue weighted by Crippen LogP contribution is -2.49. The van der Waals surface area contributed by atoms with Crippen LogP contribution in [-0.4, -0.2) is 62.0 Å². The van der Waals surface area contributed by atoms with Gasteiger partial charge in [0.1, 0.15) is 6.07 Å². The topological polar surface area (TPSA) is 107 Å². The Morgan fingerprint density at radius 2 is 1.89 bits per heavy atom. The van der Waals surface area contributed by atoms with Gasteiger partial charge in [-0.1, -0.05) is 30.3 Å². The smallest absolute Gasteiger partial charge is 0.258 e. The quantitative estimate of drug-likeness (QED) is 0.459. The van der Waals surface area contributed by atoms with Crippen LogP contribution in [0, 0.1) is 11.3 Å². The summed E-state index contributed by atoms with van der Waals surface area (Å²) in [6, 6.07) is 18.2. The molecule has 0 atom stereocenters. The second-order valence-electron chi connectivity index (χ2n) is 9.13. The Hall–Kier alpha value is -3.67. The number of amides is 1. The number of nitrogens with one attached hydrogen (secondary N) is 1. The molecule has 0 bridgehead atoms. The van der Waals surface area contributed by atoms with Crippen molar-refractivity contribution < 1.29 is 9.53 Å². The molecular formula is C28H34N6O2. The molecular weight excluding hydrogens is 452 g/mol. The Morgan fingerprint density at radius 3 is 2.56 bits per heavy atom. The van der Waals surface area contributed by atoms with Crippen LogP contribution in [0.15, 0.2) is 65.3 Å². The van der Waals surface area contributed by atoms with E-state index in [9.17, 15) is 10.1 Å². The molecule has 2 heterocycles. The Kier molecular flexibility index (Phi) is 8.71. The molecule has 1 amide bonds. The van der Waals surface area contributed by atoms with E-state index in [0.717, 1.165) is 63.5 Å². The minimum absolute atomic E-state index is 0.304. The van der Waals surface area contributed by atoms with E-state index in [4.69, 9.17) is 10.5 Å². The van der Waals surface area contributed by atoms with Gasteiger partial charge in [-0.25, -0.2) is 0 Å².